The number of amides is 1. The lowest BCUT2D eigenvalue weighted by Crippen LogP contribution is -2.14. The van der Waals surface area contributed by atoms with Gasteiger partial charge in [-0.25, -0.2) is 0 Å². The molecule has 0 saturated carbocycles. The summed E-state index contributed by atoms with van der Waals surface area (Å²) in [6.45, 7) is 4.74. The highest BCUT2D eigenvalue weighted by Crippen LogP contribution is 2.29. The lowest BCUT2D eigenvalue weighted by atomic mass is 10.1. The number of carbonyl (C=O) groups excluding carboxylic acids is 1. The molecule has 0 atom stereocenters. The number of anilines is 1. The summed E-state index contributed by atoms with van der Waals surface area (Å²) in [5.74, 6) is 1.59. The van der Waals surface area contributed by atoms with E-state index in [4.69, 9.17) is 4.74 Å². The highest BCUT2D eigenvalue weighted by molar-refractivity contribution is 7.99. The van der Waals surface area contributed by atoms with Gasteiger partial charge in [-0.15, -0.1) is 10.2 Å². The number of ether oxygens (including phenoxy) is 1. The minimum Gasteiger partial charge on any atom is -0.494 e. The van der Waals surface area contributed by atoms with E-state index in [1.54, 1.807) is 12.4 Å². The number of hydrogen-bond acceptors (Lipinski definition) is 6. The summed E-state index contributed by atoms with van der Waals surface area (Å²) in [5.41, 5.74) is 3.85. The zero-order valence-electron chi connectivity index (χ0n) is 20.0. The molecule has 1 N–H and O–H groups in total. The summed E-state index contributed by atoms with van der Waals surface area (Å²) in [6.07, 6.45) is 6.83. The van der Waals surface area contributed by atoms with Crippen molar-refractivity contribution in [3.05, 3.63) is 78.6 Å². The Balaban J connectivity index is 1.50. The average Bonchev–Trinajstić information content (AvgIpc) is 3.32. The van der Waals surface area contributed by atoms with Gasteiger partial charge in [0.2, 0.25) is 5.91 Å². The monoisotopic (exact) mass is 487 g/mol. The lowest BCUT2D eigenvalue weighted by Gasteiger charge is -2.11. The molecule has 4 aromatic rings. The van der Waals surface area contributed by atoms with E-state index in [2.05, 4.69) is 39.6 Å². The molecule has 2 aromatic carbocycles. The first-order valence-corrected chi connectivity index (χ1v) is 12.8. The van der Waals surface area contributed by atoms with Crippen LogP contribution in [0.25, 0.3) is 17.1 Å². The summed E-state index contributed by atoms with van der Waals surface area (Å²) >= 11 is 1.34. The largest absolute Gasteiger partial charge is 0.494 e. The van der Waals surface area contributed by atoms with E-state index in [0.29, 0.717) is 17.6 Å². The van der Waals surface area contributed by atoms with Gasteiger partial charge in [-0.2, -0.15) is 0 Å². The van der Waals surface area contributed by atoms with Gasteiger partial charge in [0, 0.05) is 29.3 Å². The fourth-order valence-corrected chi connectivity index (χ4v) is 4.36. The van der Waals surface area contributed by atoms with E-state index in [0.717, 1.165) is 29.1 Å². The van der Waals surface area contributed by atoms with Crippen LogP contribution in [0.15, 0.2) is 78.2 Å². The molecular formula is C27H29N5O2S. The Morgan fingerprint density at radius 1 is 0.971 bits per heavy atom. The smallest absolute Gasteiger partial charge is 0.234 e. The second-order valence-corrected chi connectivity index (χ2v) is 8.88. The van der Waals surface area contributed by atoms with Gasteiger partial charge in [-0.1, -0.05) is 37.2 Å². The lowest BCUT2D eigenvalue weighted by molar-refractivity contribution is -0.113. The van der Waals surface area contributed by atoms with Crippen molar-refractivity contribution in [2.45, 2.75) is 38.3 Å². The van der Waals surface area contributed by atoms with Crippen molar-refractivity contribution in [1.29, 1.82) is 0 Å². The van der Waals surface area contributed by atoms with Crippen molar-refractivity contribution in [2.24, 2.45) is 0 Å². The number of benzene rings is 2. The number of thioether (sulfide) groups is 1. The van der Waals surface area contributed by atoms with E-state index >= 15 is 0 Å². The number of unbranched alkanes of at least 4 members (excludes halogenated alkanes) is 1. The predicted molar refractivity (Wildman–Crippen MR) is 140 cm³/mol. The second kappa shape index (κ2) is 12.2. The van der Waals surface area contributed by atoms with Crippen LogP contribution in [0.1, 0.15) is 32.3 Å². The summed E-state index contributed by atoms with van der Waals surface area (Å²) in [6, 6.07) is 19.6. The highest BCUT2D eigenvalue weighted by Gasteiger charge is 2.17. The third-order valence-corrected chi connectivity index (χ3v) is 6.30. The quantitative estimate of drug-likeness (QED) is 0.269. The van der Waals surface area contributed by atoms with E-state index in [1.807, 2.05) is 60.0 Å². The minimum atomic E-state index is -0.0944. The molecule has 8 heteroatoms. The number of rotatable bonds is 11. The molecule has 0 saturated heterocycles. The van der Waals surface area contributed by atoms with Crippen molar-refractivity contribution in [1.82, 2.24) is 19.7 Å². The first kappa shape index (κ1) is 24.5. The molecule has 7 nitrogen and oxygen atoms in total. The molecule has 0 bridgehead atoms. The zero-order chi connectivity index (χ0) is 24.5. The normalized spacial score (nSPS) is 10.8. The van der Waals surface area contributed by atoms with Crippen LogP contribution in [-0.4, -0.2) is 38.0 Å². The van der Waals surface area contributed by atoms with Crippen LogP contribution in [0.3, 0.4) is 0 Å². The summed E-state index contributed by atoms with van der Waals surface area (Å²) in [5, 5.41) is 12.4. The molecule has 0 fully saturated rings. The summed E-state index contributed by atoms with van der Waals surface area (Å²) < 4.78 is 7.53. The number of pyridine rings is 1. The number of aryl methyl sites for hydroxylation is 1. The van der Waals surface area contributed by atoms with Crippen molar-refractivity contribution in [3.8, 4) is 22.8 Å². The fraction of sp³-hybridized carbons (Fsp3) is 0.259. The Morgan fingerprint density at radius 3 is 2.40 bits per heavy atom. The number of hydrogen-bond donors (Lipinski definition) is 1. The van der Waals surface area contributed by atoms with Gasteiger partial charge in [0.15, 0.2) is 11.0 Å². The molecule has 0 aliphatic rings. The van der Waals surface area contributed by atoms with E-state index in [1.165, 1.54) is 30.2 Å². The number of carbonyl (C=O) groups is 1. The maximum absolute atomic E-state index is 12.7. The standard InChI is InChI=1S/C27H29N5O2S/c1-3-5-6-20-7-9-22(10-8-20)29-25(33)19-35-27-31-30-26(21-15-17-28-18-16-21)32(27)23-11-13-24(14-12-23)34-4-2/h7-18H,3-6,19H2,1-2H3,(H,29,33). The van der Waals surface area contributed by atoms with Crippen molar-refractivity contribution >= 4 is 23.4 Å². The van der Waals surface area contributed by atoms with E-state index < -0.39 is 0 Å². The molecule has 0 aliphatic carbocycles. The Kier molecular flexibility index (Phi) is 8.51. The molecule has 180 valence electrons. The second-order valence-electron chi connectivity index (χ2n) is 7.94. The first-order chi connectivity index (χ1) is 17.2. The van der Waals surface area contributed by atoms with Gasteiger partial charge in [0.25, 0.3) is 0 Å². The Morgan fingerprint density at radius 2 is 1.71 bits per heavy atom. The topological polar surface area (TPSA) is 81.9 Å². The molecule has 0 unspecified atom stereocenters. The maximum atomic E-state index is 12.7. The number of nitrogens with zero attached hydrogens (tertiary/aromatic N) is 4. The summed E-state index contributed by atoms with van der Waals surface area (Å²) in [4.78, 5) is 16.8. The Bertz CT molecular complexity index is 1220. The molecule has 2 aromatic heterocycles. The van der Waals surface area contributed by atoms with Gasteiger partial charge >= 0.3 is 0 Å². The third kappa shape index (κ3) is 6.48. The van der Waals surface area contributed by atoms with Crippen LogP contribution in [0.4, 0.5) is 5.69 Å². The van der Waals surface area contributed by atoms with Crippen LogP contribution in [0.5, 0.6) is 5.75 Å². The van der Waals surface area contributed by atoms with E-state index in [-0.39, 0.29) is 11.7 Å². The molecule has 4 rings (SSSR count). The molecular weight excluding hydrogens is 458 g/mol. The van der Waals surface area contributed by atoms with Gasteiger partial charge in [-0.3, -0.25) is 14.3 Å². The number of aromatic nitrogens is 4. The van der Waals surface area contributed by atoms with Gasteiger partial charge in [0.1, 0.15) is 5.75 Å². The van der Waals surface area contributed by atoms with Crippen LogP contribution in [-0.2, 0) is 11.2 Å². The zero-order valence-corrected chi connectivity index (χ0v) is 20.8. The van der Waals surface area contributed by atoms with Crippen molar-refractivity contribution in [2.75, 3.05) is 17.7 Å². The molecule has 2 heterocycles. The summed E-state index contributed by atoms with van der Waals surface area (Å²) in [7, 11) is 0. The Hall–Kier alpha value is -3.65. The minimum absolute atomic E-state index is 0.0944. The average molecular weight is 488 g/mol. The van der Waals surface area contributed by atoms with Gasteiger partial charge in [0.05, 0.1) is 12.4 Å². The van der Waals surface area contributed by atoms with Gasteiger partial charge < -0.3 is 10.1 Å². The third-order valence-electron chi connectivity index (χ3n) is 5.37. The van der Waals surface area contributed by atoms with Crippen LogP contribution in [0, 0.1) is 0 Å². The van der Waals surface area contributed by atoms with Gasteiger partial charge in [-0.05, 0) is 73.9 Å². The molecule has 35 heavy (non-hydrogen) atoms. The molecule has 0 radical (unpaired) electrons. The predicted octanol–water partition coefficient (Wildman–Crippen LogP) is 5.80. The maximum Gasteiger partial charge on any atom is 0.234 e. The number of nitrogens with one attached hydrogen (secondary N) is 1. The first-order valence-electron chi connectivity index (χ1n) is 11.8. The van der Waals surface area contributed by atoms with E-state index in [9.17, 15) is 4.79 Å². The fourth-order valence-electron chi connectivity index (χ4n) is 3.61. The van der Waals surface area contributed by atoms with Crippen molar-refractivity contribution < 1.29 is 9.53 Å². The van der Waals surface area contributed by atoms with Crippen LogP contribution < -0.4 is 10.1 Å². The Labute approximate surface area is 210 Å². The van der Waals surface area contributed by atoms with Crippen LogP contribution in [0.2, 0.25) is 0 Å². The van der Waals surface area contributed by atoms with Crippen LogP contribution >= 0.6 is 11.8 Å². The molecule has 0 aliphatic heterocycles. The molecule has 1 amide bonds. The highest BCUT2D eigenvalue weighted by atomic mass is 32.2. The SMILES string of the molecule is CCCCc1ccc(NC(=O)CSc2nnc(-c3ccncc3)n2-c2ccc(OCC)cc2)cc1. The van der Waals surface area contributed by atoms with Crippen molar-refractivity contribution in [3.63, 3.8) is 0 Å². The molecule has 0 spiro atoms.